The van der Waals surface area contributed by atoms with E-state index in [1.165, 1.54) is 12.5 Å². The van der Waals surface area contributed by atoms with Crippen LogP contribution in [0.4, 0.5) is 0 Å². The van der Waals surface area contributed by atoms with E-state index in [0.717, 1.165) is 0 Å². The molecule has 0 saturated carbocycles. The van der Waals surface area contributed by atoms with Crippen molar-refractivity contribution in [3.8, 4) is 0 Å². The van der Waals surface area contributed by atoms with E-state index >= 15 is 0 Å². The van der Waals surface area contributed by atoms with Crippen molar-refractivity contribution in [2.24, 2.45) is 0 Å². The molecule has 1 aromatic heterocycles. The first-order valence-electron chi connectivity index (χ1n) is 1.25. The Morgan fingerprint density at radius 2 is 2.50 bits per heavy atom. The maximum atomic E-state index is 4.35. The monoisotopic (exact) mass is 92.0 g/mol. The molecule has 0 bridgehead atoms. The van der Waals surface area contributed by atoms with Crippen molar-refractivity contribution in [3.05, 3.63) is 18.9 Å². The fourth-order valence-corrected chi connectivity index (χ4v) is 0.152. The number of oxazole rings is 1. The van der Waals surface area contributed by atoms with Crippen LogP contribution in [0.2, 0.25) is 0 Å². The van der Waals surface area contributed by atoms with E-state index in [4.69, 9.17) is 0 Å². The van der Waals surface area contributed by atoms with Gasteiger partial charge >= 0.3 is 29.6 Å². The summed E-state index contributed by atoms with van der Waals surface area (Å²) in [6.45, 7) is 0. The molecule has 0 amide bonds. The van der Waals surface area contributed by atoms with Gasteiger partial charge in [0.25, 0.3) is 6.39 Å². The zero-order chi connectivity index (χ0) is 3.54. The molecular formula is C3H3NNaO. The maximum absolute atomic E-state index is 4.35. The van der Waals surface area contributed by atoms with Crippen LogP contribution in [-0.4, -0.2) is 34.5 Å². The summed E-state index contributed by atoms with van der Waals surface area (Å²) in [7, 11) is 0. The van der Waals surface area contributed by atoms with Gasteiger partial charge in [0.05, 0.1) is 6.20 Å². The van der Waals surface area contributed by atoms with Crippen molar-refractivity contribution >= 4 is 29.6 Å². The molecule has 27 valence electrons. The number of hydrogen-bond donors (Lipinski definition) is 0. The minimum absolute atomic E-state index is 0. The third-order valence-electron chi connectivity index (χ3n) is 0.309. The third-order valence-corrected chi connectivity index (χ3v) is 0.309. The van der Waals surface area contributed by atoms with Crippen LogP contribution in [0, 0.1) is 6.39 Å². The SMILES string of the molecule is [NaH].[c]1ncco1. The first-order chi connectivity index (χ1) is 2.50. The van der Waals surface area contributed by atoms with E-state index in [0.29, 0.717) is 0 Å². The van der Waals surface area contributed by atoms with Crippen LogP contribution in [0.5, 0.6) is 0 Å². The van der Waals surface area contributed by atoms with Gasteiger partial charge in [-0.05, 0) is 0 Å². The van der Waals surface area contributed by atoms with E-state index in [1.54, 1.807) is 0 Å². The van der Waals surface area contributed by atoms with Gasteiger partial charge in [-0.25, -0.2) is 4.98 Å². The second-order valence-electron chi connectivity index (χ2n) is 0.623. The van der Waals surface area contributed by atoms with Gasteiger partial charge in [-0.1, -0.05) is 0 Å². The molecule has 3 heteroatoms. The summed E-state index contributed by atoms with van der Waals surface area (Å²) < 4.78 is 4.35. The predicted molar refractivity (Wildman–Crippen MR) is 22.5 cm³/mol. The smallest absolute Gasteiger partial charge is 0.283 e. The Bertz CT molecular complexity index is 67.3. The molecule has 0 fully saturated rings. The zero-order valence-electron chi connectivity index (χ0n) is 2.51. The average Bonchev–Trinajstić information content (AvgIpc) is 1.76. The normalized spacial score (nSPS) is 6.67. The van der Waals surface area contributed by atoms with Crippen molar-refractivity contribution in [2.45, 2.75) is 0 Å². The first-order valence-corrected chi connectivity index (χ1v) is 1.25. The average molecular weight is 92.1 g/mol. The fraction of sp³-hybridized carbons (Fsp3) is 0. The molecule has 1 radical (unpaired) electrons. The Morgan fingerprint density at radius 3 is 2.67 bits per heavy atom. The van der Waals surface area contributed by atoms with Gasteiger partial charge in [-0.2, -0.15) is 0 Å². The molecule has 0 saturated heterocycles. The van der Waals surface area contributed by atoms with Crippen molar-refractivity contribution < 1.29 is 4.42 Å². The Balaban J connectivity index is 0.000000250. The second kappa shape index (κ2) is 3.40. The molecule has 0 aliphatic heterocycles. The Morgan fingerprint density at radius 1 is 1.67 bits per heavy atom. The van der Waals surface area contributed by atoms with Gasteiger partial charge in [0.1, 0.15) is 6.26 Å². The minimum atomic E-state index is 0. The van der Waals surface area contributed by atoms with Crippen LogP contribution in [-0.2, 0) is 0 Å². The summed E-state index contributed by atoms with van der Waals surface area (Å²) in [6.07, 6.45) is 5.22. The quantitative estimate of drug-likeness (QED) is 0.415. The summed E-state index contributed by atoms with van der Waals surface area (Å²) in [4.78, 5) is 3.43. The fourth-order valence-electron chi connectivity index (χ4n) is 0.152. The van der Waals surface area contributed by atoms with Gasteiger partial charge < -0.3 is 4.42 Å². The van der Waals surface area contributed by atoms with Crippen LogP contribution >= 0.6 is 0 Å². The van der Waals surface area contributed by atoms with Crippen LogP contribution in [0.1, 0.15) is 0 Å². The van der Waals surface area contributed by atoms with Gasteiger partial charge in [0.15, 0.2) is 0 Å². The standard InChI is InChI=1S/C3H2NO.Na.H/c1-2-5-3-4-1;;/h1-2H;;. The number of aromatic nitrogens is 1. The van der Waals surface area contributed by atoms with Crippen molar-refractivity contribution in [2.75, 3.05) is 0 Å². The maximum Gasteiger partial charge on any atom is 0.283 e. The summed E-state index contributed by atoms with van der Waals surface area (Å²) in [5.41, 5.74) is 0. The molecular weight excluding hydrogens is 89.0 g/mol. The van der Waals surface area contributed by atoms with E-state index in [-0.39, 0.29) is 29.6 Å². The first kappa shape index (κ1) is 6.21. The van der Waals surface area contributed by atoms with Crippen LogP contribution in [0.3, 0.4) is 0 Å². The largest absolute Gasteiger partial charge is 0.441 e. The van der Waals surface area contributed by atoms with E-state index in [1.807, 2.05) is 0 Å². The Labute approximate surface area is 57.9 Å². The molecule has 0 spiro atoms. The van der Waals surface area contributed by atoms with Crippen LogP contribution < -0.4 is 0 Å². The topological polar surface area (TPSA) is 26.0 Å². The van der Waals surface area contributed by atoms with Gasteiger partial charge in [-0.3, -0.25) is 0 Å². The number of hydrogen-bond acceptors (Lipinski definition) is 2. The molecule has 1 rings (SSSR count). The zero-order valence-corrected chi connectivity index (χ0v) is 2.51. The predicted octanol–water partition coefficient (Wildman–Crippen LogP) is -0.174. The van der Waals surface area contributed by atoms with Crippen LogP contribution in [0.25, 0.3) is 0 Å². The van der Waals surface area contributed by atoms with E-state index < -0.39 is 0 Å². The summed E-state index contributed by atoms with van der Waals surface area (Å²) in [5.74, 6) is 0. The van der Waals surface area contributed by atoms with Gasteiger partial charge in [0.2, 0.25) is 0 Å². The van der Waals surface area contributed by atoms with E-state index in [2.05, 4.69) is 15.8 Å². The summed E-state index contributed by atoms with van der Waals surface area (Å²) in [5, 5.41) is 0. The molecule has 2 nitrogen and oxygen atoms in total. The Kier molecular flexibility index (Phi) is 3.52. The summed E-state index contributed by atoms with van der Waals surface area (Å²) in [6, 6.07) is 0. The molecule has 0 aromatic carbocycles. The minimum Gasteiger partial charge on any atom is -0.441 e. The molecule has 0 unspecified atom stereocenters. The molecule has 0 aliphatic rings. The molecule has 0 aliphatic carbocycles. The molecule has 6 heavy (non-hydrogen) atoms. The number of rotatable bonds is 0. The van der Waals surface area contributed by atoms with Crippen molar-refractivity contribution in [3.63, 3.8) is 0 Å². The van der Waals surface area contributed by atoms with Gasteiger partial charge in [0, 0.05) is 0 Å². The van der Waals surface area contributed by atoms with E-state index in [9.17, 15) is 0 Å². The van der Waals surface area contributed by atoms with Crippen molar-refractivity contribution in [1.29, 1.82) is 0 Å². The summed E-state index contributed by atoms with van der Waals surface area (Å²) >= 11 is 0. The molecule has 0 N–H and O–H groups in total. The van der Waals surface area contributed by atoms with Crippen LogP contribution in [0.15, 0.2) is 16.9 Å². The van der Waals surface area contributed by atoms with Gasteiger partial charge in [-0.15, -0.1) is 0 Å². The third kappa shape index (κ3) is 1.60. The second-order valence-corrected chi connectivity index (χ2v) is 0.623. The number of nitrogens with zero attached hydrogens (tertiary/aromatic N) is 1. The molecule has 0 atom stereocenters. The molecule has 1 aromatic rings. The van der Waals surface area contributed by atoms with Crippen molar-refractivity contribution in [1.82, 2.24) is 4.98 Å². The Hall–Kier alpha value is 0.210. The molecule has 1 heterocycles.